The summed E-state index contributed by atoms with van der Waals surface area (Å²) < 4.78 is 0.763. The van der Waals surface area contributed by atoms with E-state index in [1.807, 2.05) is 12.1 Å². The molecule has 0 fully saturated rings. The lowest BCUT2D eigenvalue weighted by Gasteiger charge is -2.10. The smallest absolute Gasteiger partial charge is 0.137 e. The maximum atomic E-state index is 5.89. The lowest BCUT2D eigenvalue weighted by molar-refractivity contribution is 0.762. The molecule has 1 atom stereocenters. The average Bonchev–Trinajstić information content (AvgIpc) is 2.68. The Morgan fingerprint density at radius 1 is 1.33 bits per heavy atom. The lowest BCUT2D eigenvalue weighted by Crippen LogP contribution is -2.15. The van der Waals surface area contributed by atoms with Crippen molar-refractivity contribution in [2.75, 3.05) is 6.54 Å². The van der Waals surface area contributed by atoms with Crippen LogP contribution in [0.5, 0.6) is 0 Å². The summed E-state index contributed by atoms with van der Waals surface area (Å²) in [6.45, 7) is 0.487. The molecule has 0 radical (unpaired) electrons. The van der Waals surface area contributed by atoms with Crippen molar-refractivity contribution in [2.45, 2.75) is 5.92 Å². The molecule has 0 saturated heterocycles. The maximum absolute atomic E-state index is 5.89. The van der Waals surface area contributed by atoms with E-state index in [1.165, 1.54) is 11.3 Å². The molecule has 78 valence electrons. The molecule has 2 aromatic heterocycles. The highest BCUT2D eigenvalue weighted by atomic mass is 35.5. The molecule has 15 heavy (non-hydrogen) atoms. The third-order valence-electron chi connectivity index (χ3n) is 2.07. The quantitative estimate of drug-likeness (QED) is 0.894. The van der Waals surface area contributed by atoms with Crippen molar-refractivity contribution in [1.29, 1.82) is 0 Å². The molecule has 5 heteroatoms. The van der Waals surface area contributed by atoms with Gasteiger partial charge in [-0.05, 0) is 18.2 Å². The summed E-state index contributed by atoms with van der Waals surface area (Å²) in [5.74, 6) is 0.794. The fourth-order valence-electron chi connectivity index (χ4n) is 1.35. The molecule has 0 amide bonds. The van der Waals surface area contributed by atoms with Crippen LogP contribution >= 0.6 is 22.9 Å². The van der Waals surface area contributed by atoms with Gasteiger partial charge in [-0.25, -0.2) is 9.97 Å². The number of aromatic nitrogens is 2. The fraction of sp³-hybridized carbons (Fsp3) is 0.200. The van der Waals surface area contributed by atoms with E-state index in [0.29, 0.717) is 6.54 Å². The van der Waals surface area contributed by atoms with Crippen LogP contribution in [-0.4, -0.2) is 16.5 Å². The Morgan fingerprint density at radius 3 is 2.60 bits per heavy atom. The van der Waals surface area contributed by atoms with Gasteiger partial charge in [-0.15, -0.1) is 11.3 Å². The van der Waals surface area contributed by atoms with Gasteiger partial charge in [0.05, 0.1) is 10.3 Å². The Bertz CT molecular complexity index is 429. The van der Waals surface area contributed by atoms with Crippen molar-refractivity contribution in [3.63, 3.8) is 0 Å². The molecule has 0 aliphatic rings. The van der Waals surface area contributed by atoms with Crippen LogP contribution in [0, 0.1) is 0 Å². The van der Waals surface area contributed by atoms with Crippen molar-refractivity contribution in [2.24, 2.45) is 5.73 Å². The number of halogens is 1. The molecule has 0 aliphatic heterocycles. The number of nitrogens with zero attached hydrogens (tertiary/aromatic N) is 2. The van der Waals surface area contributed by atoms with Crippen molar-refractivity contribution < 1.29 is 0 Å². The number of nitrogens with two attached hydrogens (primary N) is 1. The van der Waals surface area contributed by atoms with Crippen molar-refractivity contribution in [3.05, 3.63) is 45.6 Å². The van der Waals surface area contributed by atoms with Gasteiger partial charge >= 0.3 is 0 Å². The molecular weight excluding hydrogens is 230 g/mol. The van der Waals surface area contributed by atoms with Crippen molar-refractivity contribution in [3.8, 4) is 0 Å². The maximum Gasteiger partial charge on any atom is 0.137 e. The summed E-state index contributed by atoms with van der Waals surface area (Å²) in [7, 11) is 0. The first-order valence-electron chi connectivity index (χ1n) is 4.53. The number of hydrogen-bond acceptors (Lipinski definition) is 4. The molecule has 2 N–H and O–H groups in total. The van der Waals surface area contributed by atoms with Gasteiger partial charge in [-0.3, -0.25) is 0 Å². The fourth-order valence-corrected chi connectivity index (χ4v) is 2.53. The monoisotopic (exact) mass is 239 g/mol. The molecule has 0 saturated carbocycles. The third-order valence-corrected chi connectivity index (χ3v) is 3.42. The molecule has 2 heterocycles. The molecule has 1 unspecified atom stereocenters. The van der Waals surface area contributed by atoms with E-state index < -0.39 is 0 Å². The van der Waals surface area contributed by atoms with E-state index in [2.05, 4.69) is 9.97 Å². The minimum atomic E-state index is 0.0451. The molecule has 2 rings (SSSR count). The first kappa shape index (κ1) is 10.5. The number of thiophene rings is 1. The van der Waals surface area contributed by atoms with Crippen LogP contribution in [0.25, 0.3) is 0 Å². The molecule has 0 aliphatic carbocycles. The van der Waals surface area contributed by atoms with Crippen molar-refractivity contribution >= 4 is 22.9 Å². The van der Waals surface area contributed by atoms with Gasteiger partial charge in [-0.2, -0.15) is 0 Å². The highest BCUT2D eigenvalue weighted by Crippen LogP contribution is 2.30. The number of rotatable bonds is 3. The molecule has 0 spiro atoms. The van der Waals surface area contributed by atoms with Crippen LogP contribution in [0.4, 0.5) is 0 Å². The molecule has 0 bridgehead atoms. The normalized spacial score (nSPS) is 12.7. The minimum absolute atomic E-state index is 0.0451. The molecular formula is C10H10ClN3S. The Kier molecular flexibility index (Phi) is 3.30. The summed E-state index contributed by atoms with van der Waals surface area (Å²) in [4.78, 5) is 9.52. The Hall–Kier alpha value is -0.970. The molecule has 2 aromatic rings. The van der Waals surface area contributed by atoms with Crippen LogP contribution < -0.4 is 5.73 Å². The molecule has 0 aromatic carbocycles. The highest BCUT2D eigenvalue weighted by molar-refractivity contribution is 7.16. The van der Waals surface area contributed by atoms with E-state index in [0.717, 1.165) is 15.0 Å². The number of hydrogen-bond donors (Lipinski definition) is 1. The zero-order valence-corrected chi connectivity index (χ0v) is 9.50. The third kappa shape index (κ3) is 2.34. The Labute approximate surface area is 96.9 Å². The van der Waals surface area contributed by atoms with Gasteiger partial charge < -0.3 is 5.73 Å². The summed E-state index contributed by atoms with van der Waals surface area (Å²) in [5.41, 5.74) is 5.73. The Morgan fingerprint density at radius 2 is 2.07 bits per heavy atom. The summed E-state index contributed by atoms with van der Waals surface area (Å²) in [6.07, 6.45) is 3.44. The van der Waals surface area contributed by atoms with Gasteiger partial charge in [0.15, 0.2) is 0 Å². The van der Waals surface area contributed by atoms with E-state index in [4.69, 9.17) is 17.3 Å². The predicted octanol–water partition coefficient (Wildman–Crippen LogP) is 2.28. The average molecular weight is 240 g/mol. The van der Waals surface area contributed by atoms with Crippen LogP contribution in [0.15, 0.2) is 30.6 Å². The summed E-state index contributed by atoms with van der Waals surface area (Å²) >= 11 is 7.41. The standard InChI is InChI=1S/C10H10ClN3S/c11-9-3-2-8(15-9)7(6-12)10-13-4-1-5-14-10/h1-5,7H,6,12H2. The largest absolute Gasteiger partial charge is 0.329 e. The molecule has 3 nitrogen and oxygen atoms in total. The van der Waals surface area contributed by atoms with E-state index >= 15 is 0 Å². The minimum Gasteiger partial charge on any atom is -0.329 e. The predicted molar refractivity (Wildman–Crippen MR) is 62.3 cm³/mol. The van der Waals surface area contributed by atoms with Gasteiger partial charge in [0.2, 0.25) is 0 Å². The van der Waals surface area contributed by atoms with Gasteiger partial charge in [-0.1, -0.05) is 11.6 Å². The van der Waals surface area contributed by atoms with E-state index in [1.54, 1.807) is 18.5 Å². The second-order valence-corrected chi connectivity index (χ2v) is 4.78. The topological polar surface area (TPSA) is 51.8 Å². The van der Waals surface area contributed by atoms with Crippen LogP contribution in [0.3, 0.4) is 0 Å². The van der Waals surface area contributed by atoms with Crippen molar-refractivity contribution in [1.82, 2.24) is 9.97 Å². The summed E-state index contributed by atoms with van der Waals surface area (Å²) in [6, 6.07) is 5.63. The first-order chi connectivity index (χ1) is 7.31. The van der Waals surface area contributed by atoms with Gasteiger partial charge in [0.1, 0.15) is 5.82 Å². The van der Waals surface area contributed by atoms with Crippen LogP contribution in [0.2, 0.25) is 4.34 Å². The zero-order chi connectivity index (χ0) is 10.7. The first-order valence-corrected chi connectivity index (χ1v) is 5.73. The second kappa shape index (κ2) is 4.70. The van der Waals surface area contributed by atoms with E-state index in [9.17, 15) is 0 Å². The van der Waals surface area contributed by atoms with Crippen LogP contribution in [-0.2, 0) is 0 Å². The Balaban J connectivity index is 2.33. The summed E-state index contributed by atoms with van der Waals surface area (Å²) in [5, 5.41) is 0. The van der Waals surface area contributed by atoms with Gasteiger partial charge in [0, 0.05) is 23.8 Å². The SMILES string of the molecule is NCC(c1ncccn1)c1ccc(Cl)s1. The lowest BCUT2D eigenvalue weighted by atomic mass is 10.1. The van der Waals surface area contributed by atoms with E-state index in [-0.39, 0.29) is 5.92 Å². The zero-order valence-electron chi connectivity index (χ0n) is 7.93. The van der Waals surface area contributed by atoms with Crippen LogP contribution in [0.1, 0.15) is 16.6 Å². The highest BCUT2D eigenvalue weighted by Gasteiger charge is 2.16. The van der Waals surface area contributed by atoms with Gasteiger partial charge in [0.25, 0.3) is 0 Å². The second-order valence-electron chi connectivity index (χ2n) is 3.04.